The third-order valence-electron chi connectivity index (χ3n) is 2.12. The molecule has 0 bridgehead atoms. The van der Waals surface area contributed by atoms with Crippen molar-refractivity contribution in [3.8, 4) is 5.75 Å². The number of rotatable bonds is 7. The highest BCUT2D eigenvalue weighted by atomic mass is 16.5. The van der Waals surface area contributed by atoms with Crippen molar-refractivity contribution in [3.05, 3.63) is 30.3 Å². The van der Waals surface area contributed by atoms with Crippen molar-refractivity contribution in [1.29, 1.82) is 0 Å². The lowest BCUT2D eigenvalue weighted by Gasteiger charge is -2.13. The zero-order valence-corrected chi connectivity index (χ0v) is 9.49. The van der Waals surface area contributed by atoms with Crippen LogP contribution in [0.4, 0.5) is 0 Å². The minimum absolute atomic E-state index is 0.481. The summed E-state index contributed by atoms with van der Waals surface area (Å²) in [6.07, 6.45) is 0. The number of hydrogen-bond acceptors (Lipinski definition) is 3. The molecule has 0 radical (unpaired) electrons. The van der Waals surface area contributed by atoms with Crippen LogP contribution in [-0.2, 0) is 0 Å². The van der Waals surface area contributed by atoms with Crippen LogP contribution in [0.5, 0.6) is 5.75 Å². The predicted molar refractivity (Wildman–Crippen MR) is 63.3 cm³/mol. The van der Waals surface area contributed by atoms with Gasteiger partial charge in [-0.05, 0) is 26.1 Å². The number of ether oxygens (including phenoxy) is 1. The molecule has 0 aliphatic carbocycles. The van der Waals surface area contributed by atoms with E-state index in [-0.39, 0.29) is 0 Å². The number of benzene rings is 1. The second-order valence-electron chi connectivity index (χ2n) is 3.57. The zero-order chi connectivity index (χ0) is 10.9. The topological polar surface area (TPSA) is 33.3 Å². The van der Waals surface area contributed by atoms with Gasteiger partial charge in [0.2, 0.25) is 0 Å². The first kappa shape index (κ1) is 12.0. The Morgan fingerprint density at radius 2 is 2.00 bits per heavy atom. The second kappa shape index (κ2) is 7.26. The second-order valence-corrected chi connectivity index (χ2v) is 3.57. The van der Waals surface area contributed by atoms with Crippen molar-refractivity contribution in [2.45, 2.75) is 13.0 Å². The van der Waals surface area contributed by atoms with Gasteiger partial charge in [0.15, 0.2) is 0 Å². The summed E-state index contributed by atoms with van der Waals surface area (Å²) >= 11 is 0. The maximum absolute atomic E-state index is 5.55. The molecule has 1 unspecified atom stereocenters. The molecular formula is C12H20N2O. The molecular weight excluding hydrogens is 188 g/mol. The molecule has 0 fully saturated rings. The molecule has 0 heterocycles. The Morgan fingerprint density at radius 3 is 2.67 bits per heavy atom. The summed E-state index contributed by atoms with van der Waals surface area (Å²) in [6, 6.07) is 10.4. The first-order valence-corrected chi connectivity index (χ1v) is 5.38. The average Bonchev–Trinajstić information content (AvgIpc) is 2.26. The van der Waals surface area contributed by atoms with Crippen molar-refractivity contribution < 1.29 is 4.74 Å². The van der Waals surface area contributed by atoms with E-state index in [0.717, 1.165) is 18.8 Å². The predicted octanol–water partition coefficient (Wildman–Crippen LogP) is 1.26. The first-order valence-electron chi connectivity index (χ1n) is 5.38. The molecule has 84 valence electrons. The van der Waals surface area contributed by atoms with Crippen molar-refractivity contribution >= 4 is 0 Å². The minimum Gasteiger partial charge on any atom is -0.492 e. The van der Waals surface area contributed by atoms with Gasteiger partial charge < -0.3 is 15.4 Å². The smallest absolute Gasteiger partial charge is 0.119 e. The summed E-state index contributed by atoms with van der Waals surface area (Å²) in [5.41, 5.74) is 0. The number of hydrogen-bond donors (Lipinski definition) is 2. The van der Waals surface area contributed by atoms with Crippen molar-refractivity contribution in [1.82, 2.24) is 10.6 Å². The average molecular weight is 208 g/mol. The standard InChI is InChI=1S/C12H20N2O/c1-11(10-13-2)14-8-9-15-12-6-4-3-5-7-12/h3-7,11,13-14H,8-10H2,1-2H3. The molecule has 3 nitrogen and oxygen atoms in total. The van der Waals surface area contributed by atoms with Gasteiger partial charge in [-0.3, -0.25) is 0 Å². The van der Waals surface area contributed by atoms with Crippen LogP contribution in [0.2, 0.25) is 0 Å². The van der Waals surface area contributed by atoms with Crippen LogP contribution in [0.15, 0.2) is 30.3 Å². The van der Waals surface area contributed by atoms with E-state index in [4.69, 9.17) is 4.74 Å². The van der Waals surface area contributed by atoms with Crippen LogP contribution in [0.25, 0.3) is 0 Å². The molecule has 0 amide bonds. The van der Waals surface area contributed by atoms with E-state index in [9.17, 15) is 0 Å². The Morgan fingerprint density at radius 1 is 1.27 bits per heavy atom. The largest absolute Gasteiger partial charge is 0.492 e. The summed E-state index contributed by atoms with van der Waals surface area (Å²) in [5.74, 6) is 0.931. The lowest BCUT2D eigenvalue weighted by atomic mass is 10.3. The van der Waals surface area contributed by atoms with Gasteiger partial charge in [0, 0.05) is 19.1 Å². The molecule has 1 atom stereocenters. The monoisotopic (exact) mass is 208 g/mol. The molecule has 1 rings (SSSR count). The molecule has 1 aromatic carbocycles. The van der Waals surface area contributed by atoms with Gasteiger partial charge in [-0.1, -0.05) is 18.2 Å². The first-order chi connectivity index (χ1) is 7.33. The molecule has 0 aliphatic rings. The fourth-order valence-electron chi connectivity index (χ4n) is 1.37. The quantitative estimate of drug-likeness (QED) is 0.662. The lowest BCUT2D eigenvalue weighted by molar-refractivity contribution is 0.306. The van der Waals surface area contributed by atoms with Crippen LogP contribution in [0.3, 0.4) is 0 Å². The Kier molecular flexibility index (Phi) is 5.81. The van der Waals surface area contributed by atoms with Gasteiger partial charge in [0.05, 0.1) is 0 Å². The highest BCUT2D eigenvalue weighted by molar-refractivity contribution is 5.20. The molecule has 1 aromatic rings. The van der Waals surface area contributed by atoms with Gasteiger partial charge in [-0.25, -0.2) is 0 Å². The van der Waals surface area contributed by atoms with Crippen molar-refractivity contribution in [2.75, 3.05) is 26.7 Å². The molecule has 0 saturated carbocycles. The van der Waals surface area contributed by atoms with Gasteiger partial charge in [-0.2, -0.15) is 0 Å². The van der Waals surface area contributed by atoms with Gasteiger partial charge in [0.25, 0.3) is 0 Å². The number of para-hydroxylation sites is 1. The SMILES string of the molecule is CNCC(C)NCCOc1ccccc1. The molecule has 2 N–H and O–H groups in total. The van der Waals surface area contributed by atoms with E-state index in [1.54, 1.807) is 0 Å². The van der Waals surface area contributed by atoms with Gasteiger partial charge in [0.1, 0.15) is 12.4 Å². The highest BCUT2D eigenvalue weighted by Crippen LogP contribution is 2.07. The Bertz CT molecular complexity index is 251. The van der Waals surface area contributed by atoms with E-state index in [1.807, 2.05) is 37.4 Å². The summed E-state index contributed by atoms with van der Waals surface area (Å²) in [7, 11) is 1.96. The van der Waals surface area contributed by atoms with Crippen molar-refractivity contribution in [2.24, 2.45) is 0 Å². The van der Waals surface area contributed by atoms with Crippen LogP contribution >= 0.6 is 0 Å². The number of likely N-dealkylation sites (N-methyl/N-ethyl adjacent to an activating group) is 1. The van der Waals surface area contributed by atoms with Crippen LogP contribution < -0.4 is 15.4 Å². The third-order valence-corrected chi connectivity index (χ3v) is 2.12. The Balaban J connectivity index is 2.07. The minimum atomic E-state index is 0.481. The van der Waals surface area contributed by atoms with Gasteiger partial charge >= 0.3 is 0 Å². The maximum atomic E-state index is 5.55. The van der Waals surface area contributed by atoms with E-state index in [1.165, 1.54) is 0 Å². The Hall–Kier alpha value is -1.06. The van der Waals surface area contributed by atoms with Crippen LogP contribution in [0, 0.1) is 0 Å². The molecule has 0 spiro atoms. The van der Waals surface area contributed by atoms with E-state index < -0.39 is 0 Å². The van der Waals surface area contributed by atoms with Crippen LogP contribution in [0.1, 0.15) is 6.92 Å². The van der Waals surface area contributed by atoms with Crippen molar-refractivity contribution in [3.63, 3.8) is 0 Å². The normalized spacial score (nSPS) is 12.4. The van der Waals surface area contributed by atoms with E-state index in [0.29, 0.717) is 12.6 Å². The highest BCUT2D eigenvalue weighted by Gasteiger charge is 1.98. The molecule has 0 aromatic heterocycles. The molecule has 0 aliphatic heterocycles. The Labute approximate surface area is 91.8 Å². The molecule has 3 heteroatoms. The lowest BCUT2D eigenvalue weighted by Crippen LogP contribution is -2.37. The van der Waals surface area contributed by atoms with E-state index >= 15 is 0 Å². The van der Waals surface area contributed by atoms with Crippen LogP contribution in [-0.4, -0.2) is 32.8 Å². The maximum Gasteiger partial charge on any atom is 0.119 e. The fraction of sp³-hybridized carbons (Fsp3) is 0.500. The summed E-state index contributed by atoms with van der Waals surface area (Å²) in [4.78, 5) is 0. The summed E-state index contributed by atoms with van der Waals surface area (Å²) < 4.78 is 5.55. The molecule has 15 heavy (non-hydrogen) atoms. The summed E-state index contributed by atoms with van der Waals surface area (Å²) in [5, 5.41) is 6.49. The number of nitrogens with one attached hydrogen (secondary N) is 2. The third kappa shape index (κ3) is 5.40. The summed E-state index contributed by atoms with van der Waals surface area (Å²) in [6.45, 7) is 4.71. The van der Waals surface area contributed by atoms with E-state index in [2.05, 4.69) is 17.6 Å². The molecule has 0 saturated heterocycles. The fourth-order valence-corrected chi connectivity index (χ4v) is 1.37. The van der Waals surface area contributed by atoms with Gasteiger partial charge in [-0.15, -0.1) is 0 Å². The zero-order valence-electron chi connectivity index (χ0n) is 9.49.